The smallest absolute Gasteiger partial charge is 0.257 e. The molecule has 0 bridgehead atoms. The Morgan fingerprint density at radius 1 is 1.32 bits per heavy atom. The van der Waals surface area contributed by atoms with Crippen molar-refractivity contribution >= 4 is 39.1 Å². The minimum Gasteiger partial charge on any atom is -0.392 e. The summed E-state index contributed by atoms with van der Waals surface area (Å²) in [5, 5.41) is 13.4. The molecule has 0 aliphatic carbocycles. The summed E-state index contributed by atoms with van der Waals surface area (Å²) in [7, 11) is 1.87. The molecule has 3 heterocycles. The number of hydrogen-bond donors (Lipinski definition) is 2. The van der Waals surface area contributed by atoms with Crippen molar-refractivity contribution in [3.05, 3.63) is 67.3 Å². The highest BCUT2D eigenvalue weighted by molar-refractivity contribution is 7.19. The Bertz CT molecular complexity index is 1170. The van der Waals surface area contributed by atoms with Gasteiger partial charge >= 0.3 is 0 Å². The van der Waals surface area contributed by atoms with Crippen LogP contribution in [0, 0.1) is 6.92 Å². The van der Waals surface area contributed by atoms with Crippen molar-refractivity contribution in [3.8, 4) is 0 Å². The van der Waals surface area contributed by atoms with Crippen molar-refractivity contribution in [2.24, 2.45) is 7.05 Å². The number of rotatable bonds is 5. The molecule has 1 saturated heterocycles. The molecule has 0 spiro atoms. The maximum absolute atomic E-state index is 13.2. The van der Waals surface area contributed by atoms with Crippen molar-refractivity contribution in [2.45, 2.75) is 39.0 Å². The second kappa shape index (κ2) is 9.12. The van der Waals surface area contributed by atoms with Crippen LogP contribution in [0.5, 0.6) is 0 Å². The lowest BCUT2D eigenvalue weighted by Gasteiger charge is -2.29. The average Bonchev–Trinajstić information content (AvgIpc) is 3.07. The zero-order valence-electron chi connectivity index (χ0n) is 17.7. The molecule has 1 aromatic carbocycles. The van der Waals surface area contributed by atoms with E-state index >= 15 is 0 Å². The third-order valence-electron chi connectivity index (χ3n) is 5.80. The number of halogens is 1. The molecule has 164 valence electrons. The highest BCUT2D eigenvalue weighted by Crippen LogP contribution is 2.30. The van der Waals surface area contributed by atoms with Crippen LogP contribution in [0.1, 0.15) is 39.2 Å². The van der Waals surface area contributed by atoms with Gasteiger partial charge in [0.25, 0.3) is 5.91 Å². The summed E-state index contributed by atoms with van der Waals surface area (Å²) in [5.74, 6) is -0.385. The van der Waals surface area contributed by atoms with Gasteiger partial charge in [0.15, 0.2) is 0 Å². The number of aryl methyl sites for hydroxylation is 2. The summed E-state index contributed by atoms with van der Waals surface area (Å²) >= 11 is 7.36. The molecule has 4 rings (SSSR count). The van der Waals surface area contributed by atoms with Crippen LogP contribution in [-0.2, 0) is 20.1 Å². The van der Waals surface area contributed by atoms with Crippen molar-refractivity contribution in [1.29, 1.82) is 0 Å². The second-order valence-electron chi connectivity index (χ2n) is 8.15. The summed E-state index contributed by atoms with van der Waals surface area (Å²) in [6.45, 7) is 4.65. The molecule has 2 N–H and O–H groups in total. The number of thiophene rings is 1. The molecule has 6 nitrogen and oxygen atoms in total. The normalized spacial score (nSPS) is 17.2. The van der Waals surface area contributed by atoms with E-state index in [1.54, 1.807) is 18.3 Å². The molecule has 0 saturated carbocycles. The maximum atomic E-state index is 13.2. The van der Waals surface area contributed by atoms with E-state index in [0.717, 1.165) is 40.9 Å². The summed E-state index contributed by atoms with van der Waals surface area (Å²) in [6.07, 6.45) is 3.15. The molecule has 3 aromatic rings. The van der Waals surface area contributed by atoms with Crippen LogP contribution < -0.4 is 10.7 Å². The van der Waals surface area contributed by atoms with Gasteiger partial charge in [-0.2, -0.15) is 0 Å². The average molecular weight is 460 g/mol. The van der Waals surface area contributed by atoms with Crippen LogP contribution in [0.15, 0.2) is 35.3 Å². The first kappa shape index (κ1) is 22.0. The topological polar surface area (TPSA) is 74.6 Å². The number of aliphatic hydroxyl groups excluding tert-OH is 1. The molecule has 1 aliphatic rings. The Balaban J connectivity index is 1.59. The van der Waals surface area contributed by atoms with E-state index in [4.69, 9.17) is 11.6 Å². The molecule has 0 radical (unpaired) electrons. The number of aliphatic hydroxyl groups is 1. The lowest BCUT2D eigenvalue weighted by Crippen LogP contribution is -2.37. The fourth-order valence-corrected chi connectivity index (χ4v) is 5.60. The van der Waals surface area contributed by atoms with Crippen LogP contribution >= 0.6 is 22.9 Å². The summed E-state index contributed by atoms with van der Waals surface area (Å²) in [6, 6.07) is 7.23. The van der Waals surface area contributed by atoms with Crippen LogP contribution in [-0.4, -0.2) is 39.7 Å². The number of likely N-dealkylation sites (tertiary alicyclic amines) is 1. The van der Waals surface area contributed by atoms with E-state index in [1.807, 2.05) is 30.7 Å². The van der Waals surface area contributed by atoms with Gasteiger partial charge in [0.1, 0.15) is 5.56 Å². The first-order valence-electron chi connectivity index (χ1n) is 10.4. The quantitative estimate of drug-likeness (QED) is 0.612. The third kappa shape index (κ3) is 4.70. The SMILES string of the molecule is Cc1c(CN2CCC[C@@H](O)C2)sc2c(=O)c(C(=O)NCc3ccc(Cl)cc3)cn(C)c12. The number of benzene rings is 1. The Labute approximate surface area is 190 Å². The molecule has 0 unspecified atom stereocenters. The van der Waals surface area contributed by atoms with Crippen LogP contribution in [0.4, 0.5) is 0 Å². The summed E-state index contributed by atoms with van der Waals surface area (Å²) in [4.78, 5) is 29.3. The minimum absolute atomic E-state index is 0.144. The van der Waals surface area contributed by atoms with E-state index in [1.165, 1.54) is 11.3 Å². The molecule has 31 heavy (non-hydrogen) atoms. The van der Waals surface area contributed by atoms with Crippen LogP contribution in [0.2, 0.25) is 5.02 Å². The monoisotopic (exact) mass is 459 g/mol. The third-order valence-corrected chi connectivity index (χ3v) is 7.32. The Morgan fingerprint density at radius 2 is 2.06 bits per heavy atom. The van der Waals surface area contributed by atoms with Gasteiger partial charge in [0.2, 0.25) is 5.43 Å². The number of nitrogens with zero attached hydrogens (tertiary/aromatic N) is 2. The van der Waals surface area contributed by atoms with Gasteiger partial charge in [-0.15, -0.1) is 11.3 Å². The van der Waals surface area contributed by atoms with E-state index in [2.05, 4.69) is 10.2 Å². The predicted molar refractivity (Wildman–Crippen MR) is 125 cm³/mol. The van der Waals surface area contributed by atoms with E-state index < -0.39 is 0 Å². The Morgan fingerprint density at radius 3 is 2.77 bits per heavy atom. The number of hydrogen-bond acceptors (Lipinski definition) is 5. The van der Waals surface area contributed by atoms with E-state index in [9.17, 15) is 14.7 Å². The van der Waals surface area contributed by atoms with Crippen molar-refractivity contribution < 1.29 is 9.90 Å². The lowest BCUT2D eigenvalue weighted by molar-refractivity contribution is 0.0673. The molecular formula is C23H26ClN3O3S. The summed E-state index contributed by atoms with van der Waals surface area (Å²) < 4.78 is 2.47. The number of amides is 1. The number of aromatic nitrogens is 1. The van der Waals surface area contributed by atoms with Gasteiger partial charge in [0, 0.05) is 42.8 Å². The fraction of sp³-hybridized carbons (Fsp3) is 0.391. The van der Waals surface area contributed by atoms with Gasteiger partial charge in [-0.1, -0.05) is 23.7 Å². The first-order chi connectivity index (χ1) is 14.8. The number of carbonyl (C=O) groups is 1. The molecule has 8 heteroatoms. The maximum Gasteiger partial charge on any atom is 0.257 e. The van der Waals surface area contributed by atoms with Crippen LogP contribution in [0.25, 0.3) is 10.2 Å². The Kier molecular flexibility index (Phi) is 6.48. The zero-order chi connectivity index (χ0) is 22.1. The molecular weight excluding hydrogens is 434 g/mol. The Hall–Kier alpha value is -2.19. The fourth-order valence-electron chi connectivity index (χ4n) is 4.14. The van der Waals surface area contributed by atoms with Gasteiger partial charge in [-0.3, -0.25) is 14.5 Å². The van der Waals surface area contributed by atoms with Crippen molar-refractivity contribution in [2.75, 3.05) is 13.1 Å². The van der Waals surface area contributed by atoms with Crippen LogP contribution in [0.3, 0.4) is 0 Å². The summed E-state index contributed by atoms with van der Waals surface area (Å²) in [5.41, 5.74) is 2.75. The first-order valence-corrected chi connectivity index (χ1v) is 11.6. The van der Waals surface area contributed by atoms with Crippen molar-refractivity contribution in [3.63, 3.8) is 0 Å². The number of piperidine rings is 1. The number of fused-ring (bicyclic) bond motifs is 1. The molecule has 1 atom stereocenters. The highest BCUT2D eigenvalue weighted by atomic mass is 35.5. The van der Waals surface area contributed by atoms with Gasteiger partial charge in [-0.25, -0.2) is 0 Å². The molecule has 1 fully saturated rings. The van der Waals surface area contributed by atoms with Gasteiger partial charge in [0.05, 0.1) is 16.3 Å². The number of nitrogens with one attached hydrogen (secondary N) is 1. The largest absolute Gasteiger partial charge is 0.392 e. The minimum atomic E-state index is -0.385. The lowest BCUT2D eigenvalue weighted by atomic mass is 10.1. The van der Waals surface area contributed by atoms with Crippen molar-refractivity contribution in [1.82, 2.24) is 14.8 Å². The standard InChI is InChI=1S/C23H26ClN3O3S/c1-14-19(13-27-9-3-4-17(28)11-27)31-22-20(14)26(2)12-18(21(22)29)23(30)25-10-15-5-7-16(24)8-6-15/h5-8,12,17,28H,3-4,9-11,13H2,1-2H3,(H,25,30)/t17-/m1/s1. The second-order valence-corrected chi connectivity index (χ2v) is 9.69. The van der Waals surface area contributed by atoms with E-state index in [-0.39, 0.29) is 23.0 Å². The van der Waals surface area contributed by atoms with Gasteiger partial charge in [-0.05, 0) is 49.6 Å². The highest BCUT2D eigenvalue weighted by Gasteiger charge is 2.23. The molecule has 1 amide bonds. The number of β-amino-alcohol motifs (C(OH)–C–C–N with tert-alkyl or cyclic N) is 1. The molecule has 2 aromatic heterocycles. The zero-order valence-corrected chi connectivity index (χ0v) is 19.2. The predicted octanol–water partition coefficient (Wildman–Crippen LogP) is 3.45. The number of pyridine rings is 1. The van der Waals surface area contributed by atoms with E-state index in [0.29, 0.717) is 29.4 Å². The number of carbonyl (C=O) groups excluding carboxylic acids is 1. The molecule has 1 aliphatic heterocycles. The van der Waals surface area contributed by atoms with Gasteiger partial charge < -0.3 is 15.0 Å².